The van der Waals surface area contributed by atoms with Crippen molar-refractivity contribution < 1.29 is 28.6 Å². The molecular weight excluding hydrogens is 1020 g/mol. The van der Waals surface area contributed by atoms with E-state index in [0.717, 1.165) is 109 Å². The lowest BCUT2D eigenvalue weighted by Crippen LogP contribution is -2.30. The molecule has 0 rings (SSSR count). The van der Waals surface area contributed by atoms with Crippen molar-refractivity contribution in [3.63, 3.8) is 0 Å². The first-order chi connectivity index (χ1) is 41.0. The van der Waals surface area contributed by atoms with E-state index in [1.54, 1.807) is 0 Å². The van der Waals surface area contributed by atoms with E-state index in [-0.39, 0.29) is 31.1 Å². The summed E-state index contributed by atoms with van der Waals surface area (Å²) in [6.07, 6.45) is 95.6. The molecule has 6 nitrogen and oxygen atoms in total. The summed E-state index contributed by atoms with van der Waals surface area (Å²) in [4.78, 5) is 38.5. The predicted octanol–water partition coefficient (Wildman–Crippen LogP) is 24.8. The molecule has 1 unspecified atom stereocenters. The molecule has 0 aliphatic rings. The van der Waals surface area contributed by atoms with E-state index in [2.05, 4.69) is 118 Å². The molecule has 0 aromatic rings. The summed E-state index contributed by atoms with van der Waals surface area (Å²) >= 11 is 0. The number of carbonyl (C=O) groups excluding carboxylic acids is 3. The van der Waals surface area contributed by atoms with E-state index in [1.807, 2.05) is 0 Å². The van der Waals surface area contributed by atoms with Crippen LogP contribution in [0.5, 0.6) is 0 Å². The summed E-state index contributed by atoms with van der Waals surface area (Å²) in [7, 11) is 0. The Morgan fingerprint density at radius 2 is 0.470 bits per heavy atom. The molecular formula is C77H134O6. The van der Waals surface area contributed by atoms with Crippen molar-refractivity contribution in [2.24, 2.45) is 0 Å². The van der Waals surface area contributed by atoms with Gasteiger partial charge in [-0.2, -0.15) is 0 Å². The number of unbranched alkanes of at least 4 members (excludes halogenated alkanes) is 38. The van der Waals surface area contributed by atoms with Crippen molar-refractivity contribution in [2.45, 2.75) is 361 Å². The summed E-state index contributed by atoms with van der Waals surface area (Å²) in [5.41, 5.74) is 0. The van der Waals surface area contributed by atoms with Gasteiger partial charge in [0.15, 0.2) is 6.10 Å². The van der Waals surface area contributed by atoms with E-state index in [1.165, 1.54) is 205 Å². The minimum Gasteiger partial charge on any atom is -0.462 e. The summed E-state index contributed by atoms with van der Waals surface area (Å²) in [6, 6.07) is 0. The molecule has 0 saturated carbocycles. The van der Waals surface area contributed by atoms with Crippen molar-refractivity contribution in [1.82, 2.24) is 0 Å². The number of allylic oxidation sites excluding steroid dienone is 16. The maximum Gasteiger partial charge on any atom is 0.306 e. The van der Waals surface area contributed by atoms with Gasteiger partial charge in [0, 0.05) is 19.3 Å². The Morgan fingerprint density at radius 3 is 0.735 bits per heavy atom. The fourth-order valence-corrected chi connectivity index (χ4v) is 10.2. The standard InChI is InChI=1S/C77H134O6/c1-4-7-10-13-16-19-22-25-28-31-33-35-36-37-38-39-40-42-43-46-49-52-55-58-61-64-67-70-76(79)82-73-74(72-81-75(78)69-66-63-60-57-54-51-48-45-30-27-24-21-18-15-12-9-6-3)83-77(80)71-68-65-62-59-56-53-50-47-44-41-34-32-29-26-23-20-17-14-11-8-5-2/h7,10,16,19,23,25-26,28,32-35,37-38,40,42,74H,4-6,8-9,11-15,17-18,20-22,24,27,29-31,36,39,41,43-73H2,1-3H3/b10-7-,19-16-,26-23-,28-25-,34-32-,35-33-,38-37-,42-40-. The fraction of sp³-hybridized carbons (Fsp3) is 0.753. The SMILES string of the molecule is CC/C=C\C/C=C\C/C=C\C/C=C\C/C=C\C/C=C\CCCCCCCCCCC(=O)OCC(COC(=O)CCCCCCCCCCCCCCCCCCC)OC(=O)CCCCCCCCCCC/C=C\C/C=C\CCCCCCC. The summed E-state index contributed by atoms with van der Waals surface area (Å²) in [5, 5.41) is 0. The van der Waals surface area contributed by atoms with Gasteiger partial charge >= 0.3 is 17.9 Å². The van der Waals surface area contributed by atoms with Gasteiger partial charge in [-0.05, 0) is 103 Å². The number of hydrogen-bond acceptors (Lipinski definition) is 6. The van der Waals surface area contributed by atoms with Gasteiger partial charge in [-0.15, -0.1) is 0 Å². The van der Waals surface area contributed by atoms with Crippen molar-refractivity contribution in [3.8, 4) is 0 Å². The number of ether oxygens (including phenoxy) is 3. The normalized spacial score (nSPS) is 12.7. The average molecular weight is 1160 g/mol. The van der Waals surface area contributed by atoms with Crippen molar-refractivity contribution >= 4 is 17.9 Å². The number of rotatable bonds is 65. The number of esters is 3. The van der Waals surface area contributed by atoms with Crippen molar-refractivity contribution in [1.29, 1.82) is 0 Å². The monoisotopic (exact) mass is 1160 g/mol. The highest BCUT2D eigenvalue weighted by Gasteiger charge is 2.19. The van der Waals surface area contributed by atoms with E-state index < -0.39 is 6.10 Å². The van der Waals surface area contributed by atoms with Crippen LogP contribution < -0.4 is 0 Å². The molecule has 0 aliphatic carbocycles. The molecule has 0 bridgehead atoms. The van der Waals surface area contributed by atoms with Crippen LogP contribution in [0.3, 0.4) is 0 Å². The lowest BCUT2D eigenvalue weighted by molar-refractivity contribution is -0.167. The van der Waals surface area contributed by atoms with Crippen LogP contribution in [0.15, 0.2) is 97.2 Å². The first-order valence-corrected chi connectivity index (χ1v) is 35.7. The quantitative estimate of drug-likeness (QED) is 0.0261. The van der Waals surface area contributed by atoms with E-state index in [0.29, 0.717) is 19.3 Å². The van der Waals surface area contributed by atoms with Gasteiger partial charge in [-0.1, -0.05) is 330 Å². The number of hydrogen-bond donors (Lipinski definition) is 0. The highest BCUT2D eigenvalue weighted by Crippen LogP contribution is 2.17. The Kier molecular flexibility index (Phi) is 67.7. The molecule has 1 atom stereocenters. The molecule has 6 heteroatoms. The van der Waals surface area contributed by atoms with Gasteiger partial charge in [-0.25, -0.2) is 0 Å². The largest absolute Gasteiger partial charge is 0.462 e. The highest BCUT2D eigenvalue weighted by molar-refractivity contribution is 5.71. The predicted molar refractivity (Wildman–Crippen MR) is 362 cm³/mol. The Balaban J connectivity index is 4.37. The van der Waals surface area contributed by atoms with Gasteiger partial charge in [0.1, 0.15) is 13.2 Å². The molecule has 0 spiro atoms. The minimum absolute atomic E-state index is 0.0782. The number of carbonyl (C=O) groups is 3. The second-order valence-electron chi connectivity index (χ2n) is 23.8. The molecule has 0 aromatic carbocycles. The fourth-order valence-electron chi connectivity index (χ4n) is 10.2. The first-order valence-electron chi connectivity index (χ1n) is 35.7. The van der Waals surface area contributed by atoms with Gasteiger partial charge in [0.05, 0.1) is 0 Å². The van der Waals surface area contributed by atoms with Crippen LogP contribution in [0.4, 0.5) is 0 Å². The van der Waals surface area contributed by atoms with Crippen molar-refractivity contribution in [3.05, 3.63) is 97.2 Å². The molecule has 0 heterocycles. The molecule has 0 aliphatic heterocycles. The molecule has 478 valence electrons. The summed E-state index contributed by atoms with van der Waals surface area (Å²) in [5.74, 6) is -0.872. The van der Waals surface area contributed by atoms with Crippen LogP contribution in [0, 0.1) is 0 Å². The van der Waals surface area contributed by atoms with E-state index in [4.69, 9.17) is 14.2 Å². The van der Waals surface area contributed by atoms with E-state index >= 15 is 0 Å². The maximum absolute atomic E-state index is 13.0. The second-order valence-corrected chi connectivity index (χ2v) is 23.8. The zero-order valence-electron chi connectivity index (χ0n) is 54.9. The Hall–Kier alpha value is -3.67. The van der Waals surface area contributed by atoms with Gasteiger partial charge < -0.3 is 14.2 Å². The molecule has 0 aromatic heterocycles. The van der Waals surface area contributed by atoms with Crippen LogP contribution in [0.25, 0.3) is 0 Å². The van der Waals surface area contributed by atoms with Crippen LogP contribution in [0.1, 0.15) is 355 Å². The maximum atomic E-state index is 13.0. The Bertz CT molecular complexity index is 1610. The smallest absolute Gasteiger partial charge is 0.306 e. The topological polar surface area (TPSA) is 78.9 Å². The molecule has 0 radical (unpaired) electrons. The summed E-state index contributed by atoms with van der Waals surface area (Å²) in [6.45, 7) is 6.56. The van der Waals surface area contributed by atoms with Gasteiger partial charge in [-0.3, -0.25) is 14.4 Å². The van der Waals surface area contributed by atoms with Crippen LogP contribution in [-0.2, 0) is 28.6 Å². The van der Waals surface area contributed by atoms with Gasteiger partial charge in [0.25, 0.3) is 0 Å². The first kappa shape index (κ1) is 79.3. The van der Waals surface area contributed by atoms with Crippen LogP contribution in [0.2, 0.25) is 0 Å². The highest BCUT2D eigenvalue weighted by atomic mass is 16.6. The van der Waals surface area contributed by atoms with Crippen LogP contribution >= 0.6 is 0 Å². The third-order valence-electron chi connectivity index (χ3n) is 15.6. The lowest BCUT2D eigenvalue weighted by atomic mass is 10.0. The van der Waals surface area contributed by atoms with E-state index in [9.17, 15) is 14.4 Å². The zero-order valence-corrected chi connectivity index (χ0v) is 54.9. The second kappa shape index (κ2) is 70.8. The summed E-state index contributed by atoms with van der Waals surface area (Å²) < 4.78 is 17.0. The molecule has 0 saturated heterocycles. The molecule has 0 N–H and O–H groups in total. The third kappa shape index (κ3) is 69.0. The minimum atomic E-state index is -0.785. The lowest BCUT2D eigenvalue weighted by Gasteiger charge is -2.18. The average Bonchev–Trinajstić information content (AvgIpc) is 3.49. The molecule has 83 heavy (non-hydrogen) atoms. The molecule has 0 fully saturated rings. The Labute approximate surface area is 515 Å². The van der Waals surface area contributed by atoms with Crippen molar-refractivity contribution in [2.75, 3.05) is 13.2 Å². The zero-order chi connectivity index (χ0) is 59.9. The third-order valence-corrected chi connectivity index (χ3v) is 15.6. The van der Waals surface area contributed by atoms with Gasteiger partial charge in [0.2, 0.25) is 0 Å². The Morgan fingerprint density at radius 1 is 0.253 bits per heavy atom. The van der Waals surface area contributed by atoms with Crippen LogP contribution in [-0.4, -0.2) is 37.2 Å². The molecule has 0 amide bonds.